The summed E-state index contributed by atoms with van der Waals surface area (Å²) in [6.45, 7) is 2.21. The van der Waals surface area contributed by atoms with E-state index in [1.54, 1.807) is 0 Å². The lowest BCUT2D eigenvalue weighted by Crippen LogP contribution is -2.09. The van der Waals surface area contributed by atoms with Crippen LogP contribution in [0.15, 0.2) is 48.3 Å². The minimum Gasteiger partial charge on any atom is -0.512 e. The van der Waals surface area contributed by atoms with E-state index in [1.165, 1.54) is 19.3 Å². The minimum absolute atomic E-state index is 0.239. The molecule has 0 aromatic carbocycles. The normalized spacial score (nSPS) is 12.8. The Kier molecular flexibility index (Phi) is 15.3. The second-order valence-corrected chi connectivity index (χ2v) is 5.64. The summed E-state index contributed by atoms with van der Waals surface area (Å²) in [6, 6.07) is 0. The zero-order valence-electron chi connectivity index (χ0n) is 14.5. The van der Waals surface area contributed by atoms with E-state index in [-0.39, 0.29) is 5.91 Å². The van der Waals surface area contributed by atoms with Crippen molar-refractivity contribution in [3.8, 4) is 0 Å². The second-order valence-electron chi connectivity index (χ2n) is 5.64. The molecule has 0 unspecified atom stereocenters. The van der Waals surface area contributed by atoms with Gasteiger partial charge in [0, 0.05) is 12.8 Å². The lowest BCUT2D eigenvalue weighted by atomic mass is 10.2. The van der Waals surface area contributed by atoms with Crippen LogP contribution in [0.25, 0.3) is 0 Å². The third-order valence-electron chi connectivity index (χ3n) is 3.36. The highest BCUT2D eigenvalue weighted by Gasteiger charge is 1.90. The fraction of sp³-hybridized carbons (Fsp3) is 0.550. The molecule has 0 fully saturated rings. The largest absolute Gasteiger partial charge is 0.512 e. The standard InChI is InChI=1S/C20H33NO2/c1-2-3-4-5-7-10-13-16-19(22)17-14-11-8-6-9-12-15-18-20(21)23/h6-7,9-11,14,16,22H,2-5,8,12-13,15,17-18H2,1H3,(H2,21,23)/b9-6-,10-7-,14-11-,19-16+. The Morgan fingerprint density at radius 2 is 1.57 bits per heavy atom. The number of carbonyl (C=O) groups excluding carboxylic acids is 1. The van der Waals surface area contributed by atoms with Crippen LogP contribution in [0.4, 0.5) is 0 Å². The molecule has 0 bridgehead atoms. The van der Waals surface area contributed by atoms with E-state index in [0.717, 1.165) is 32.1 Å². The van der Waals surface area contributed by atoms with Crippen molar-refractivity contribution in [2.45, 2.75) is 71.1 Å². The Labute approximate surface area is 141 Å². The molecule has 0 saturated carbocycles. The first-order chi connectivity index (χ1) is 11.2. The van der Waals surface area contributed by atoms with E-state index in [1.807, 2.05) is 18.2 Å². The number of unbranched alkanes of at least 4 members (excludes halogenated alkanes) is 4. The molecule has 0 aromatic heterocycles. The molecule has 0 saturated heterocycles. The summed E-state index contributed by atoms with van der Waals surface area (Å²) >= 11 is 0. The molecule has 0 aliphatic rings. The average Bonchev–Trinajstić information content (AvgIpc) is 2.52. The lowest BCUT2D eigenvalue weighted by Gasteiger charge is -1.94. The van der Waals surface area contributed by atoms with Crippen molar-refractivity contribution in [3.05, 3.63) is 48.3 Å². The number of nitrogens with two attached hydrogens (primary N) is 1. The molecule has 3 heteroatoms. The van der Waals surface area contributed by atoms with Crippen LogP contribution in [0.1, 0.15) is 71.1 Å². The van der Waals surface area contributed by atoms with Crippen molar-refractivity contribution in [1.82, 2.24) is 0 Å². The predicted octanol–water partition coefficient (Wildman–Crippen LogP) is 5.50. The fourth-order valence-electron chi connectivity index (χ4n) is 2.00. The predicted molar refractivity (Wildman–Crippen MR) is 99.2 cm³/mol. The van der Waals surface area contributed by atoms with Crippen LogP contribution in [0.5, 0.6) is 0 Å². The molecule has 0 atom stereocenters. The Morgan fingerprint density at radius 1 is 0.913 bits per heavy atom. The quantitative estimate of drug-likeness (QED) is 0.252. The molecule has 0 heterocycles. The monoisotopic (exact) mass is 319 g/mol. The van der Waals surface area contributed by atoms with E-state index in [9.17, 15) is 9.90 Å². The SMILES string of the molecule is CCCCC/C=C\C/C=C(/O)C/C=C\C/C=C\CCCC(N)=O. The molecule has 1 amide bonds. The van der Waals surface area contributed by atoms with Gasteiger partial charge in [-0.05, 0) is 44.6 Å². The van der Waals surface area contributed by atoms with Gasteiger partial charge in [0.05, 0.1) is 5.76 Å². The Hall–Kier alpha value is -1.77. The summed E-state index contributed by atoms with van der Waals surface area (Å²) < 4.78 is 0. The molecular weight excluding hydrogens is 286 g/mol. The molecule has 3 N–H and O–H groups in total. The molecular formula is C20H33NO2. The number of aliphatic hydroxyl groups excluding tert-OH is 1. The zero-order chi connectivity index (χ0) is 17.2. The Morgan fingerprint density at radius 3 is 2.26 bits per heavy atom. The van der Waals surface area contributed by atoms with E-state index in [0.29, 0.717) is 18.6 Å². The van der Waals surface area contributed by atoms with Crippen LogP contribution in [-0.4, -0.2) is 11.0 Å². The van der Waals surface area contributed by atoms with E-state index >= 15 is 0 Å². The average molecular weight is 319 g/mol. The van der Waals surface area contributed by atoms with Gasteiger partial charge in [0.15, 0.2) is 0 Å². The minimum atomic E-state index is -0.239. The van der Waals surface area contributed by atoms with Gasteiger partial charge in [0.25, 0.3) is 0 Å². The maximum atomic E-state index is 10.5. The molecule has 3 nitrogen and oxygen atoms in total. The van der Waals surface area contributed by atoms with E-state index in [4.69, 9.17) is 5.73 Å². The van der Waals surface area contributed by atoms with Gasteiger partial charge in [-0.2, -0.15) is 0 Å². The van der Waals surface area contributed by atoms with E-state index < -0.39 is 0 Å². The molecule has 0 aliphatic heterocycles. The number of carbonyl (C=O) groups is 1. The van der Waals surface area contributed by atoms with Crippen molar-refractivity contribution in [1.29, 1.82) is 0 Å². The summed E-state index contributed by atoms with van der Waals surface area (Å²) in [5.41, 5.74) is 5.06. The maximum Gasteiger partial charge on any atom is 0.217 e. The van der Waals surface area contributed by atoms with E-state index in [2.05, 4.69) is 31.2 Å². The van der Waals surface area contributed by atoms with Gasteiger partial charge in [-0.3, -0.25) is 4.79 Å². The third-order valence-corrected chi connectivity index (χ3v) is 3.36. The topological polar surface area (TPSA) is 63.3 Å². The van der Waals surface area contributed by atoms with Crippen molar-refractivity contribution in [2.75, 3.05) is 0 Å². The number of aliphatic hydroxyl groups is 1. The van der Waals surface area contributed by atoms with Crippen molar-refractivity contribution < 1.29 is 9.90 Å². The summed E-state index contributed by atoms with van der Waals surface area (Å²) in [5.74, 6) is 0.182. The van der Waals surface area contributed by atoms with Crippen LogP contribution in [0, 0.1) is 0 Å². The highest BCUT2D eigenvalue weighted by molar-refractivity contribution is 5.73. The summed E-state index contributed by atoms with van der Waals surface area (Å²) in [6.07, 6.45) is 23.6. The van der Waals surface area contributed by atoms with Crippen LogP contribution < -0.4 is 5.73 Å². The molecule has 0 aromatic rings. The number of rotatable bonds is 14. The first-order valence-electron chi connectivity index (χ1n) is 8.78. The smallest absolute Gasteiger partial charge is 0.217 e. The first kappa shape index (κ1) is 21.2. The second kappa shape index (κ2) is 16.6. The highest BCUT2D eigenvalue weighted by atomic mass is 16.3. The maximum absolute atomic E-state index is 10.5. The van der Waals surface area contributed by atoms with Gasteiger partial charge in [0.2, 0.25) is 5.91 Å². The van der Waals surface area contributed by atoms with Crippen LogP contribution >= 0.6 is 0 Å². The number of hydrogen-bond donors (Lipinski definition) is 2. The highest BCUT2D eigenvalue weighted by Crippen LogP contribution is 2.04. The summed E-state index contributed by atoms with van der Waals surface area (Å²) in [4.78, 5) is 10.5. The third kappa shape index (κ3) is 18.2. The molecule has 0 radical (unpaired) electrons. The molecule has 0 spiro atoms. The number of hydrogen-bond acceptors (Lipinski definition) is 2. The fourth-order valence-corrected chi connectivity index (χ4v) is 2.00. The van der Waals surface area contributed by atoms with Crippen molar-refractivity contribution >= 4 is 5.91 Å². The van der Waals surface area contributed by atoms with Gasteiger partial charge in [-0.15, -0.1) is 0 Å². The van der Waals surface area contributed by atoms with Crippen molar-refractivity contribution in [2.24, 2.45) is 5.73 Å². The molecule has 0 rings (SSSR count). The Bertz CT molecular complexity index is 406. The molecule has 23 heavy (non-hydrogen) atoms. The van der Waals surface area contributed by atoms with Crippen LogP contribution in [0.3, 0.4) is 0 Å². The Balaban J connectivity index is 3.62. The molecule has 0 aliphatic carbocycles. The van der Waals surface area contributed by atoms with Crippen LogP contribution in [-0.2, 0) is 4.79 Å². The molecule has 130 valence electrons. The summed E-state index contributed by atoms with van der Waals surface area (Å²) in [5, 5.41) is 9.73. The lowest BCUT2D eigenvalue weighted by molar-refractivity contribution is -0.118. The van der Waals surface area contributed by atoms with Crippen LogP contribution in [0.2, 0.25) is 0 Å². The zero-order valence-corrected chi connectivity index (χ0v) is 14.5. The van der Waals surface area contributed by atoms with Crippen molar-refractivity contribution in [3.63, 3.8) is 0 Å². The number of primary amides is 1. The van der Waals surface area contributed by atoms with Gasteiger partial charge in [-0.25, -0.2) is 0 Å². The number of allylic oxidation sites excluding steroid dienone is 7. The van der Waals surface area contributed by atoms with Gasteiger partial charge in [0.1, 0.15) is 0 Å². The van der Waals surface area contributed by atoms with Gasteiger partial charge >= 0.3 is 0 Å². The first-order valence-corrected chi connectivity index (χ1v) is 8.78. The van der Waals surface area contributed by atoms with Gasteiger partial charge < -0.3 is 10.8 Å². The van der Waals surface area contributed by atoms with Gasteiger partial charge in [-0.1, -0.05) is 56.2 Å². The number of amides is 1. The summed E-state index contributed by atoms with van der Waals surface area (Å²) in [7, 11) is 0.